The van der Waals surface area contributed by atoms with Crippen LogP contribution in [0.3, 0.4) is 0 Å². The van der Waals surface area contributed by atoms with Crippen molar-refractivity contribution < 1.29 is 9.53 Å². The summed E-state index contributed by atoms with van der Waals surface area (Å²) in [5.41, 5.74) is 1.86. The summed E-state index contributed by atoms with van der Waals surface area (Å²) in [5, 5.41) is 8.49. The standard InChI is InChI=1S/C17H20N4O2/c22-17(19-3-4-21-5-7-23-8-6-21)13-9-12-1-2-18-16-15(12)14(10-13)11-20-16/h1-2,9-10H,3-8,11H2,(H,18,20)(H,19,22). The van der Waals surface area contributed by atoms with Gasteiger partial charge in [-0.3, -0.25) is 9.69 Å². The van der Waals surface area contributed by atoms with E-state index in [1.54, 1.807) is 6.20 Å². The molecule has 0 spiro atoms. The van der Waals surface area contributed by atoms with Crippen LogP contribution in [0.25, 0.3) is 10.8 Å². The highest BCUT2D eigenvalue weighted by atomic mass is 16.5. The monoisotopic (exact) mass is 312 g/mol. The summed E-state index contributed by atoms with van der Waals surface area (Å²) < 4.78 is 5.33. The van der Waals surface area contributed by atoms with E-state index < -0.39 is 0 Å². The van der Waals surface area contributed by atoms with Crippen molar-refractivity contribution in [2.24, 2.45) is 0 Å². The lowest BCUT2D eigenvalue weighted by molar-refractivity contribution is 0.0383. The van der Waals surface area contributed by atoms with Crippen LogP contribution in [0.1, 0.15) is 15.9 Å². The lowest BCUT2D eigenvalue weighted by Crippen LogP contribution is -2.41. The first-order valence-electron chi connectivity index (χ1n) is 8.05. The van der Waals surface area contributed by atoms with Gasteiger partial charge in [0.1, 0.15) is 5.82 Å². The molecule has 1 saturated heterocycles. The molecule has 6 nitrogen and oxygen atoms in total. The molecule has 2 N–H and O–H groups in total. The Hall–Kier alpha value is -2.18. The fourth-order valence-corrected chi connectivity index (χ4v) is 3.24. The van der Waals surface area contributed by atoms with Gasteiger partial charge in [-0.1, -0.05) is 0 Å². The lowest BCUT2D eigenvalue weighted by Gasteiger charge is -2.26. The highest BCUT2D eigenvalue weighted by molar-refractivity contribution is 6.03. The third-order valence-electron chi connectivity index (χ3n) is 4.47. The van der Waals surface area contributed by atoms with E-state index in [0.717, 1.165) is 67.1 Å². The van der Waals surface area contributed by atoms with Gasteiger partial charge < -0.3 is 15.4 Å². The van der Waals surface area contributed by atoms with Crippen molar-refractivity contribution in [3.8, 4) is 0 Å². The topological polar surface area (TPSA) is 66.5 Å². The molecule has 6 heteroatoms. The number of aromatic nitrogens is 1. The van der Waals surface area contributed by atoms with Crippen molar-refractivity contribution in [1.82, 2.24) is 15.2 Å². The summed E-state index contributed by atoms with van der Waals surface area (Å²) in [7, 11) is 0. The summed E-state index contributed by atoms with van der Waals surface area (Å²) >= 11 is 0. The van der Waals surface area contributed by atoms with Crippen LogP contribution in [-0.2, 0) is 11.3 Å². The highest BCUT2D eigenvalue weighted by Crippen LogP contribution is 2.31. The summed E-state index contributed by atoms with van der Waals surface area (Å²) in [6.45, 7) is 5.71. The molecule has 1 amide bonds. The molecule has 4 rings (SSSR count). The van der Waals surface area contributed by atoms with Crippen LogP contribution in [0.4, 0.5) is 5.82 Å². The number of rotatable bonds is 4. The van der Waals surface area contributed by atoms with E-state index in [2.05, 4.69) is 20.5 Å². The molecule has 1 fully saturated rings. The Bertz CT molecular complexity index is 741. The average molecular weight is 312 g/mol. The summed E-state index contributed by atoms with van der Waals surface area (Å²) in [5.74, 6) is 0.901. The second-order valence-corrected chi connectivity index (χ2v) is 5.96. The molecule has 120 valence electrons. The van der Waals surface area contributed by atoms with Crippen molar-refractivity contribution in [3.05, 3.63) is 35.5 Å². The van der Waals surface area contributed by atoms with Crippen LogP contribution in [0.15, 0.2) is 24.4 Å². The second kappa shape index (κ2) is 6.14. The summed E-state index contributed by atoms with van der Waals surface area (Å²) in [6.07, 6.45) is 1.78. The zero-order valence-corrected chi connectivity index (χ0v) is 13.0. The van der Waals surface area contributed by atoms with Crippen molar-refractivity contribution in [3.63, 3.8) is 0 Å². The fraction of sp³-hybridized carbons (Fsp3) is 0.412. The van der Waals surface area contributed by atoms with Crippen LogP contribution in [-0.4, -0.2) is 55.2 Å². The SMILES string of the molecule is O=C(NCCN1CCOCC1)c1cc2c3c(nccc3c1)NC2. The zero-order valence-electron chi connectivity index (χ0n) is 13.0. The van der Waals surface area contributed by atoms with Gasteiger partial charge in [-0.25, -0.2) is 4.98 Å². The van der Waals surface area contributed by atoms with Crippen molar-refractivity contribution >= 4 is 22.5 Å². The third-order valence-corrected chi connectivity index (χ3v) is 4.47. The molecule has 0 unspecified atom stereocenters. The molecule has 1 aromatic heterocycles. The van der Waals surface area contributed by atoms with E-state index in [1.807, 2.05) is 18.2 Å². The molecule has 2 aliphatic rings. The number of benzene rings is 1. The summed E-state index contributed by atoms with van der Waals surface area (Å²) in [4.78, 5) is 19.1. The molecule has 0 bridgehead atoms. The number of morpholine rings is 1. The first-order chi connectivity index (χ1) is 11.3. The predicted octanol–water partition coefficient (Wildman–Crippen LogP) is 1.22. The minimum absolute atomic E-state index is 0.0123. The third kappa shape index (κ3) is 2.87. The Morgan fingerprint density at radius 1 is 1.35 bits per heavy atom. The van der Waals surface area contributed by atoms with Crippen molar-refractivity contribution in [1.29, 1.82) is 0 Å². The van der Waals surface area contributed by atoms with Crippen LogP contribution < -0.4 is 10.6 Å². The highest BCUT2D eigenvalue weighted by Gasteiger charge is 2.18. The van der Waals surface area contributed by atoms with E-state index in [1.165, 1.54) is 0 Å². The molecule has 0 aliphatic carbocycles. The first-order valence-corrected chi connectivity index (χ1v) is 8.05. The number of amides is 1. The number of carbonyl (C=O) groups is 1. The van der Waals surface area contributed by atoms with E-state index in [-0.39, 0.29) is 5.91 Å². The Morgan fingerprint density at radius 3 is 3.09 bits per heavy atom. The van der Waals surface area contributed by atoms with E-state index in [4.69, 9.17) is 4.74 Å². The largest absolute Gasteiger partial charge is 0.379 e. The maximum Gasteiger partial charge on any atom is 0.251 e. The number of carbonyl (C=O) groups excluding carboxylic acids is 1. The number of nitrogens with zero attached hydrogens (tertiary/aromatic N) is 2. The maximum absolute atomic E-state index is 12.4. The molecule has 0 saturated carbocycles. The molecule has 1 aromatic carbocycles. The van der Waals surface area contributed by atoms with Crippen molar-refractivity contribution in [2.45, 2.75) is 6.54 Å². The smallest absolute Gasteiger partial charge is 0.251 e. The van der Waals surface area contributed by atoms with E-state index in [0.29, 0.717) is 6.54 Å². The molecule has 2 aromatic rings. The number of ether oxygens (including phenoxy) is 1. The van der Waals surface area contributed by atoms with E-state index in [9.17, 15) is 4.79 Å². The average Bonchev–Trinajstić information content (AvgIpc) is 3.01. The minimum Gasteiger partial charge on any atom is -0.379 e. The molecule has 3 heterocycles. The number of anilines is 1. The number of hydrogen-bond donors (Lipinski definition) is 2. The van der Waals surface area contributed by atoms with Gasteiger partial charge in [-0.2, -0.15) is 0 Å². The Morgan fingerprint density at radius 2 is 2.22 bits per heavy atom. The van der Waals surface area contributed by atoms with Gasteiger partial charge in [0, 0.05) is 49.9 Å². The number of pyridine rings is 1. The molecule has 0 radical (unpaired) electrons. The Labute approximate surface area is 134 Å². The van der Waals surface area contributed by atoms with Gasteiger partial charge in [0.2, 0.25) is 0 Å². The summed E-state index contributed by atoms with van der Waals surface area (Å²) in [6, 6.07) is 5.87. The number of nitrogens with one attached hydrogen (secondary N) is 2. The Kier molecular flexibility index (Phi) is 3.85. The van der Waals surface area contributed by atoms with Crippen LogP contribution in [0.2, 0.25) is 0 Å². The molecular weight excluding hydrogens is 292 g/mol. The number of hydrogen-bond acceptors (Lipinski definition) is 5. The van der Waals surface area contributed by atoms with Gasteiger partial charge in [0.05, 0.1) is 13.2 Å². The van der Waals surface area contributed by atoms with Crippen molar-refractivity contribution in [2.75, 3.05) is 44.7 Å². The van der Waals surface area contributed by atoms with Crippen LogP contribution in [0.5, 0.6) is 0 Å². The predicted molar refractivity (Wildman–Crippen MR) is 88.7 cm³/mol. The normalized spacial score (nSPS) is 17.2. The molecular formula is C17H20N4O2. The fourth-order valence-electron chi connectivity index (χ4n) is 3.24. The van der Waals surface area contributed by atoms with Gasteiger partial charge >= 0.3 is 0 Å². The lowest BCUT2D eigenvalue weighted by atomic mass is 10.0. The zero-order chi connectivity index (χ0) is 15.6. The van der Waals surface area contributed by atoms with Crippen LogP contribution >= 0.6 is 0 Å². The molecule has 2 aliphatic heterocycles. The Balaban J connectivity index is 1.44. The first kappa shape index (κ1) is 14.4. The molecule has 23 heavy (non-hydrogen) atoms. The van der Waals surface area contributed by atoms with Gasteiger partial charge in [0.25, 0.3) is 5.91 Å². The minimum atomic E-state index is -0.0123. The van der Waals surface area contributed by atoms with E-state index >= 15 is 0 Å². The quantitative estimate of drug-likeness (QED) is 0.889. The van der Waals surface area contributed by atoms with Gasteiger partial charge in [-0.05, 0) is 29.1 Å². The molecule has 0 atom stereocenters. The van der Waals surface area contributed by atoms with Crippen LogP contribution in [0, 0.1) is 0 Å². The second-order valence-electron chi connectivity index (χ2n) is 5.96. The van der Waals surface area contributed by atoms with Gasteiger partial charge in [0.15, 0.2) is 0 Å². The van der Waals surface area contributed by atoms with Gasteiger partial charge in [-0.15, -0.1) is 0 Å². The maximum atomic E-state index is 12.4.